The lowest BCUT2D eigenvalue weighted by atomic mass is 10.2. The van der Waals surface area contributed by atoms with Crippen LogP contribution in [0.4, 0.5) is 0 Å². The summed E-state index contributed by atoms with van der Waals surface area (Å²) in [5, 5.41) is 1.18. The number of hydrogen-bond acceptors (Lipinski definition) is 0. The predicted molar refractivity (Wildman–Crippen MR) is 47.2 cm³/mol. The summed E-state index contributed by atoms with van der Waals surface area (Å²) in [5.41, 5.74) is 2.16. The molecule has 0 unspecified atom stereocenters. The standard InChI is InChI=1S/C10H8N/c1-2-8-7-11-10-6-4-3-5-9(8)10/h2-6,11H,1H2. The van der Waals surface area contributed by atoms with Crippen molar-refractivity contribution < 1.29 is 0 Å². The van der Waals surface area contributed by atoms with Gasteiger partial charge in [0.1, 0.15) is 0 Å². The first-order valence-electron chi connectivity index (χ1n) is 3.52. The molecule has 0 bridgehead atoms. The van der Waals surface area contributed by atoms with Crippen LogP contribution < -0.4 is 0 Å². The monoisotopic (exact) mass is 142 g/mol. The molecule has 2 aromatic rings. The smallest absolute Gasteiger partial charge is 0.0710 e. The summed E-state index contributed by atoms with van der Waals surface area (Å²) in [6, 6.07) is 8.09. The Balaban J connectivity index is 2.86. The van der Waals surface area contributed by atoms with Crippen LogP contribution in [0.5, 0.6) is 0 Å². The summed E-state index contributed by atoms with van der Waals surface area (Å²) in [5.74, 6) is 0. The van der Waals surface area contributed by atoms with Crippen molar-refractivity contribution >= 4 is 17.0 Å². The Morgan fingerprint density at radius 2 is 2.18 bits per heavy atom. The van der Waals surface area contributed by atoms with E-state index in [1.54, 1.807) is 6.08 Å². The quantitative estimate of drug-likeness (QED) is 0.630. The average Bonchev–Trinajstić information content (AvgIpc) is 2.47. The number of H-pyrrole nitrogens is 1. The summed E-state index contributed by atoms with van der Waals surface area (Å²) < 4.78 is 0. The molecule has 0 fully saturated rings. The van der Waals surface area contributed by atoms with Crippen molar-refractivity contribution in [1.29, 1.82) is 0 Å². The molecule has 1 heterocycles. The van der Waals surface area contributed by atoms with Crippen molar-refractivity contribution in [2.75, 3.05) is 0 Å². The van der Waals surface area contributed by atoms with Gasteiger partial charge in [0.15, 0.2) is 0 Å². The maximum absolute atomic E-state index is 3.70. The summed E-state index contributed by atoms with van der Waals surface area (Å²) in [6.07, 6.45) is 4.82. The van der Waals surface area contributed by atoms with E-state index in [0.29, 0.717) is 0 Å². The van der Waals surface area contributed by atoms with Gasteiger partial charge in [-0.2, -0.15) is 0 Å². The highest BCUT2D eigenvalue weighted by molar-refractivity contribution is 5.88. The van der Waals surface area contributed by atoms with Crippen molar-refractivity contribution in [2.24, 2.45) is 0 Å². The van der Waals surface area contributed by atoms with E-state index in [1.165, 1.54) is 5.39 Å². The number of nitrogens with one attached hydrogen (secondary N) is 1. The number of aromatic amines is 1. The van der Waals surface area contributed by atoms with E-state index in [1.807, 2.05) is 18.2 Å². The fourth-order valence-corrected chi connectivity index (χ4v) is 1.19. The van der Waals surface area contributed by atoms with Crippen LogP contribution >= 0.6 is 0 Å². The lowest BCUT2D eigenvalue weighted by Crippen LogP contribution is -1.65. The normalized spacial score (nSPS) is 10.2. The van der Waals surface area contributed by atoms with Crippen LogP contribution in [0.2, 0.25) is 0 Å². The Labute approximate surface area is 65.4 Å². The number of fused-ring (bicyclic) bond motifs is 1. The van der Waals surface area contributed by atoms with Crippen molar-refractivity contribution in [3.05, 3.63) is 42.6 Å². The van der Waals surface area contributed by atoms with Gasteiger partial charge in [-0.3, -0.25) is 0 Å². The zero-order valence-electron chi connectivity index (χ0n) is 6.09. The topological polar surface area (TPSA) is 15.8 Å². The molecule has 1 aromatic heterocycles. The highest BCUT2D eigenvalue weighted by Crippen LogP contribution is 2.17. The minimum absolute atomic E-state index is 1.04. The predicted octanol–water partition coefficient (Wildman–Crippen LogP) is 2.61. The Morgan fingerprint density at radius 1 is 1.36 bits per heavy atom. The van der Waals surface area contributed by atoms with Gasteiger partial charge >= 0.3 is 0 Å². The maximum Gasteiger partial charge on any atom is 0.0710 e. The first-order chi connectivity index (χ1) is 5.42. The van der Waals surface area contributed by atoms with E-state index >= 15 is 0 Å². The first-order valence-corrected chi connectivity index (χ1v) is 3.52. The summed E-state index contributed by atoms with van der Waals surface area (Å²) in [6.45, 7) is 3.70. The van der Waals surface area contributed by atoms with Crippen LogP contribution in [0, 0.1) is 6.20 Å². The van der Waals surface area contributed by atoms with Gasteiger partial charge in [-0.15, -0.1) is 0 Å². The molecule has 1 radical (unpaired) electrons. The van der Waals surface area contributed by atoms with Crippen LogP contribution in [0.1, 0.15) is 5.56 Å². The molecule has 1 aromatic carbocycles. The number of para-hydroxylation sites is 1. The Kier molecular flexibility index (Phi) is 1.29. The molecule has 11 heavy (non-hydrogen) atoms. The van der Waals surface area contributed by atoms with Gasteiger partial charge in [-0.1, -0.05) is 30.9 Å². The van der Waals surface area contributed by atoms with Gasteiger partial charge in [-0.25, -0.2) is 0 Å². The maximum atomic E-state index is 3.70. The van der Waals surface area contributed by atoms with Gasteiger partial charge in [0.2, 0.25) is 0 Å². The Hall–Kier alpha value is -1.50. The molecule has 0 saturated carbocycles. The Morgan fingerprint density at radius 3 is 3.00 bits per heavy atom. The molecular weight excluding hydrogens is 134 g/mol. The summed E-state index contributed by atoms with van der Waals surface area (Å²) >= 11 is 0. The van der Waals surface area contributed by atoms with E-state index in [0.717, 1.165) is 11.1 Å². The number of aromatic nitrogens is 1. The van der Waals surface area contributed by atoms with Gasteiger partial charge in [0.05, 0.1) is 6.20 Å². The molecule has 53 valence electrons. The molecule has 2 rings (SSSR count). The lowest BCUT2D eigenvalue weighted by molar-refractivity contribution is 1.45. The van der Waals surface area contributed by atoms with Crippen molar-refractivity contribution in [2.45, 2.75) is 0 Å². The largest absolute Gasteiger partial charge is 0.353 e. The van der Waals surface area contributed by atoms with Crippen molar-refractivity contribution in [3.63, 3.8) is 0 Å². The summed E-state index contributed by atoms with van der Waals surface area (Å²) in [7, 11) is 0. The fourth-order valence-electron chi connectivity index (χ4n) is 1.19. The minimum atomic E-state index is 1.04. The summed E-state index contributed by atoms with van der Waals surface area (Å²) in [4.78, 5) is 3.04. The molecule has 1 heteroatoms. The SMILES string of the molecule is C=Cc1[c][nH]c2ccccc12. The van der Waals surface area contributed by atoms with E-state index in [4.69, 9.17) is 0 Å². The molecule has 0 amide bonds. The lowest BCUT2D eigenvalue weighted by Gasteiger charge is -1.87. The first kappa shape index (κ1) is 6.23. The van der Waals surface area contributed by atoms with E-state index in [2.05, 4.69) is 23.8 Å². The van der Waals surface area contributed by atoms with E-state index < -0.39 is 0 Å². The van der Waals surface area contributed by atoms with Crippen LogP contribution in [0.15, 0.2) is 30.8 Å². The molecule has 0 saturated heterocycles. The highest BCUT2D eigenvalue weighted by atomic mass is 14.7. The van der Waals surface area contributed by atoms with Crippen LogP contribution in [0.3, 0.4) is 0 Å². The van der Waals surface area contributed by atoms with Gasteiger partial charge in [0, 0.05) is 16.5 Å². The third-order valence-corrected chi connectivity index (χ3v) is 1.75. The number of rotatable bonds is 1. The van der Waals surface area contributed by atoms with Crippen LogP contribution in [0.25, 0.3) is 17.0 Å². The van der Waals surface area contributed by atoms with Gasteiger partial charge in [-0.05, 0) is 6.07 Å². The second-order valence-corrected chi connectivity index (χ2v) is 2.41. The Bertz CT molecular complexity index is 384. The molecule has 1 nitrogen and oxygen atoms in total. The molecule has 1 N–H and O–H groups in total. The average molecular weight is 142 g/mol. The van der Waals surface area contributed by atoms with Crippen molar-refractivity contribution in [3.8, 4) is 0 Å². The third-order valence-electron chi connectivity index (χ3n) is 1.75. The van der Waals surface area contributed by atoms with E-state index in [-0.39, 0.29) is 0 Å². The molecule has 0 atom stereocenters. The van der Waals surface area contributed by atoms with E-state index in [9.17, 15) is 0 Å². The highest BCUT2D eigenvalue weighted by Gasteiger charge is 1.97. The minimum Gasteiger partial charge on any atom is -0.353 e. The zero-order valence-corrected chi connectivity index (χ0v) is 6.09. The molecule has 0 aliphatic rings. The second kappa shape index (κ2) is 2.27. The molecule has 0 aliphatic heterocycles. The van der Waals surface area contributed by atoms with Crippen LogP contribution in [-0.2, 0) is 0 Å². The third kappa shape index (κ3) is 0.855. The van der Waals surface area contributed by atoms with Crippen molar-refractivity contribution in [1.82, 2.24) is 4.98 Å². The number of benzene rings is 1. The second-order valence-electron chi connectivity index (χ2n) is 2.41. The fraction of sp³-hybridized carbons (Fsp3) is 0. The molecular formula is C10H8N. The number of hydrogen-bond donors (Lipinski definition) is 1. The van der Waals surface area contributed by atoms with Crippen LogP contribution in [-0.4, -0.2) is 4.98 Å². The van der Waals surface area contributed by atoms with Gasteiger partial charge in [0.25, 0.3) is 0 Å². The zero-order chi connectivity index (χ0) is 7.68. The molecule has 0 aliphatic carbocycles. The molecule has 0 spiro atoms. The van der Waals surface area contributed by atoms with Gasteiger partial charge < -0.3 is 4.98 Å².